The number of aryl methyl sites for hydroxylation is 1. The van der Waals surface area contributed by atoms with Crippen LogP contribution < -0.4 is 5.32 Å². The van der Waals surface area contributed by atoms with E-state index in [-0.39, 0.29) is 11.3 Å². The first-order valence-electron chi connectivity index (χ1n) is 20.5. The van der Waals surface area contributed by atoms with Gasteiger partial charge in [0.15, 0.2) is 0 Å². The first-order chi connectivity index (χ1) is 27.7. The van der Waals surface area contributed by atoms with Gasteiger partial charge in [0.05, 0.1) is 5.70 Å². The van der Waals surface area contributed by atoms with E-state index in [1.54, 1.807) is 0 Å². The molecule has 0 saturated carbocycles. The maximum absolute atomic E-state index is 4.48. The van der Waals surface area contributed by atoms with Gasteiger partial charge in [-0.25, -0.2) is 0 Å². The van der Waals surface area contributed by atoms with E-state index < -0.39 is 0 Å². The number of benzene rings is 6. The highest BCUT2D eigenvalue weighted by Gasteiger charge is 2.20. The third kappa shape index (κ3) is 12.2. The average Bonchev–Trinajstić information content (AvgIpc) is 3.27. The van der Waals surface area contributed by atoms with Crippen LogP contribution in [0.15, 0.2) is 181 Å². The molecule has 0 bridgehead atoms. The van der Waals surface area contributed by atoms with E-state index in [4.69, 9.17) is 0 Å². The predicted molar refractivity (Wildman–Crippen MR) is 253 cm³/mol. The Morgan fingerprint density at radius 1 is 0.632 bits per heavy atom. The second-order valence-corrected chi connectivity index (χ2v) is 14.7. The first-order valence-corrected chi connectivity index (χ1v) is 20.5. The number of dihydropyridines is 1. The number of nitrogens with zero attached hydrogens (tertiary/aromatic N) is 1. The zero-order valence-electron chi connectivity index (χ0n) is 35.7. The number of nitrogens with one attached hydrogen (secondary N) is 1. The summed E-state index contributed by atoms with van der Waals surface area (Å²) in [6.07, 6.45) is 8.69. The Morgan fingerprint density at radius 3 is 1.70 bits per heavy atom. The Balaban J connectivity index is 0.000000578. The summed E-state index contributed by atoms with van der Waals surface area (Å²) in [6.45, 7) is 24.0. The van der Waals surface area contributed by atoms with E-state index in [1.807, 2.05) is 58.2 Å². The molecule has 6 aromatic carbocycles. The molecule has 1 aliphatic heterocycles. The fourth-order valence-corrected chi connectivity index (χ4v) is 6.72. The van der Waals surface area contributed by atoms with Crippen LogP contribution in [0.3, 0.4) is 0 Å². The highest BCUT2D eigenvalue weighted by molar-refractivity contribution is 5.82. The zero-order valence-corrected chi connectivity index (χ0v) is 35.7. The average molecular weight is 751 g/mol. The molecule has 2 nitrogen and oxygen atoms in total. The van der Waals surface area contributed by atoms with E-state index in [0.29, 0.717) is 0 Å². The lowest BCUT2D eigenvalue weighted by molar-refractivity contribution is 0.592. The van der Waals surface area contributed by atoms with Gasteiger partial charge in [-0.05, 0) is 105 Å². The molecule has 292 valence electrons. The van der Waals surface area contributed by atoms with Crippen molar-refractivity contribution < 1.29 is 0 Å². The molecule has 1 N–H and O–H groups in total. The molecular formula is C55H62N2. The minimum absolute atomic E-state index is 0.0219. The second-order valence-electron chi connectivity index (χ2n) is 14.7. The normalized spacial score (nSPS) is 12.5. The lowest BCUT2D eigenvalue weighted by atomic mass is 9.80. The molecule has 0 amide bonds. The zero-order chi connectivity index (χ0) is 41.2. The molecule has 1 heterocycles. The molecule has 2 heteroatoms. The van der Waals surface area contributed by atoms with E-state index in [2.05, 4.69) is 197 Å². The maximum Gasteiger partial charge on any atom is 0.0660 e. The molecule has 57 heavy (non-hydrogen) atoms. The van der Waals surface area contributed by atoms with Crippen LogP contribution in [-0.4, -0.2) is 13.3 Å². The van der Waals surface area contributed by atoms with Gasteiger partial charge < -0.3 is 5.32 Å². The quantitative estimate of drug-likeness (QED) is 0.154. The summed E-state index contributed by atoms with van der Waals surface area (Å²) in [5.74, 6) is 0.113. The van der Waals surface area contributed by atoms with E-state index in [9.17, 15) is 0 Å². The topological polar surface area (TPSA) is 24.4 Å². The standard InChI is InChI=1S/C44H42N2.C7H8.2C2H6/c1-31(26-43(45-5)36-18-16-33(17-19-36)32-12-8-6-9-13-32)38-27-39(34-22-24-46-25-23-34)29-40(28-38)37-20-21-42(44(2,3)4)41(30-37)35-14-10-7-11-15-35;1-7-5-3-2-4-6-7;2*1-2/h6-24,26-31,46H,5,25H2,1-4H3;2-6H,1H3;2*1-2H3/b43-26-;;;. The minimum Gasteiger partial charge on any atom is -0.387 e. The van der Waals surface area contributed by atoms with Crippen molar-refractivity contribution in [2.75, 3.05) is 6.54 Å². The van der Waals surface area contributed by atoms with Crippen LogP contribution in [0.1, 0.15) is 89.1 Å². The molecule has 0 radical (unpaired) electrons. The van der Waals surface area contributed by atoms with Crippen LogP contribution >= 0.6 is 0 Å². The van der Waals surface area contributed by atoms with Gasteiger partial charge in [0.2, 0.25) is 0 Å². The van der Waals surface area contributed by atoms with Crippen LogP contribution in [0.2, 0.25) is 0 Å². The third-order valence-corrected chi connectivity index (χ3v) is 9.69. The van der Waals surface area contributed by atoms with Gasteiger partial charge in [-0.3, -0.25) is 4.99 Å². The highest BCUT2D eigenvalue weighted by atomic mass is 14.8. The summed E-state index contributed by atoms with van der Waals surface area (Å²) < 4.78 is 0. The lowest BCUT2D eigenvalue weighted by Gasteiger charge is -2.24. The summed E-state index contributed by atoms with van der Waals surface area (Å²) in [4.78, 5) is 4.48. The van der Waals surface area contributed by atoms with Crippen molar-refractivity contribution in [2.45, 2.75) is 73.6 Å². The molecule has 0 fully saturated rings. The third-order valence-electron chi connectivity index (χ3n) is 9.69. The van der Waals surface area contributed by atoms with Crippen LogP contribution in [0.4, 0.5) is 0 Å². The van der Waals surface area contributed by atoms with Crippen molar-refractivity contribution in [2.24, 2.45) is 4.99 Å². The largest absolute Gasteiger partial charge is 0.387 e. The van der Waals surface area contributed by atoms with Crippen LogP contribution in [0, 0.1) is 6.92 Å². The summed E-state index contributed by atoms with van der Waals surface area (Å²) in [5, 5.41) is 3.29. The van der Waals surface area contributed by atoms with Crippen molar-refractivity contribution >= 4 is 18.0 Å². The number of hydrogen-bond donors (Lipinski definition) is 1. The maximum atomic E-state index is 4.48. The van der Waals surface area contributed by atoms with Crippen molar-refractivity contribution in [3.63, 3.8) is 0 Å². The Bertz CT molecular complexity index is 2220. The summed E-state index contributed by atoms with van der Waals surface area (Å²) in [5.41, 5.74) is 15.7. The second kappa shape index (κ2) is 21.9. The predicted octanol–water partition coefficient (Wildman–Crippen LogP) is 15.4. The number of aliphatic imine (C=N–C) groups is 1. The number of allylic oxidation sites excluding steroid dienone is 3. The molecular weight excluding hydrogens is 689 g/mol. The molecule has 6 aromatic rings. The molecule has 1 aliphatic rings. The van der Waals surface area contributed by atoms with Crippen molar-refractivity contribution in [1.82, 2.24) is 5.32 Å². The summed E-state index contributed by atoms with van der Waals surface area (Å²) >= 11 is 0. The van der Waals surface area contributed by atoms with Gasteiger partial charge >= 0.3 is 0 Å². The van der Waals surface area contributed by atoms with E-state index in [0.717, 1.165) is 17.8 Å². The fraction of sp³-hybridized carbons (Fsp3) is 0.218. The van der Waals surface area contributed by atoms with Crippen molar-refractivity contribution in [1.29, 1.82) is 0 Å². The van der Waals surface area contributed by atoms with Crippen LogP contribution in [-0.2, 0) is 5.41 Å². The Labute approximate surface area is 344 Å². The van der Waals surface area contributed by atoms with Gasteiger partial charge in [0, 0.05) is 12.5 Å². The van der Waals surface area contributed by atoms with Gasteiger partial charge in [0.25, 0.3) is 0 Å². The molecule has 1 unspecified atom stereocenters. The summed E-state index contributed by atoms with van der Waals surface area (Å²) in [6, 6.07) is 54.1. The molecule has 0 spiro atoms. The number of rotatable bonds is 8. The molecule has 0 aliphatic carbocycles. The molecule has 1 atom stereocenters. The molecule has 0 aromatic heterocycles. The molecule has 7 rings (SSSR count). The molecule has 0 saturated heterocycles. The monoisotopic (exact) mass is 750 g/mol. The van der Waals surface area contributed by atoms with E-state index in [1.165, 1.54) is 61.2 Å². The SMILES string of the molecule is C=N/C(=C\C(C)c1cc(C2=CCNC=C2)cc(-c2ccc(C(C)(C)C)c(-c3ccccc3)c2)c1)c1ccc(-c2ccccc2)cc1.CC.CC.Cc1ccccc1. The van der Waals surface area contributed by atoms with Gasteiger partial charge in [-0.15, -0.1) is 0 Å². The number of hydrogen-bond acceptors (Lipinski definition) is 2. The van der Waals surface area contributed by atoms with Crippen molar-refractivity contribution in [3.05, 3.63) is 204 Å². The van der Waals surface area contributed by atoms with Gasteiger partial charge in [-0.2, -0.15) is 0 Å². The lowest BCUT2D eigenvalue weighted by Crippen LogP contribution is -2.12. The Kier molecular flexibility index (Phi) is 16.8. The Morgan fingerprint density at radius 2 is 1.18 bits per heavy atom. The van der Waals surface area contributed by atoms with Crippen LogP contribution in [0.5, 0.6) is 0 Å². The highest BCUT2D eigenvalue weighted by Crippen LogP contribution is 2.38. The minimum atomic E-state index is 0.0219. The Hall–Kier alpha value is -5.99. The first kappa shape index (κ1) is 43.7. The smallest absolute Gasteiger partial charge is 0.0660 e. The van der Waals surface area contributed by atoms with Crippen molar-refractivity contribution in [3.8, 4) is 33.4 Å². The fourth-order valence-electron chi connectivity index (χ4n) is 6.72. The van der Waals surface area contributed by atoms with Gasteiger partial charge in [0.1, 0.15) is 0 Å². The van der Waals surface area contributed by atoms with E-state index >= 15 is 0 Å². The van der Waals surface area contributed by atoms with Gasteiger partial charge in [-0.1, -0.05) is 213 Å². The summed E-state index contributed by atoms with van der Waals surface area (Å²) in [7, 11) is 0. The van der Waals surface area contributed by atoms with Crippen LogP contribution in [0.25, 0.3) is 44.7 Å².